The minimum absolute atomic E-state index is 1.04. The van der Waals surface area contributed by atoms with E-state index >= 15 is 0 Å². The second kappa shape index (κ2) is 3.14. The Bertz CT molecular complexity index is 117. The molecular weight excluding hydrogens is 134 g/mol. The largest absolute Gasteiger partial charge is 0.316 e. The van der Waals surface area contributed by atoms with Crippen molar-refractivity contribution in [1.82, 2.24) is 5.32 Å². The lowest BCUT2D eigenvalue weighted by atomic mass is 9.83. The van der Waals surface area contributed by atoms with Crippen molar-refractivity contribution in [2.24, 2.45) is 17.8 Å². The smallest absolute Gasteiger partial charge is 0.00176 e. The molecule has 0 aromatic heterocycles. The zero-order valence-corrected chi connectivity index (χ0v) is 7.47. The molecule has 1 aliphatic heterocycles. The maximum Gasteiger partial charge on any atom is -0.00176 e. The van der Waals surface area contributed by atoms with Gasteiger partial charge in [0.05, 0.1) is 0 Å². The summed E-state index contributed by atoms with van der Waals surface area (Å²) in [6, 6.07) is 0. The van der Waals surface area contributed by atoms with Crippen molar-refractivity contribution in [3.8, 4) is 0 Å². The summed E-state index contributed by atoms with van der Waals surface area (Å²) < 4.78 is 0. The van der Waals surface area contributed by atoms with Gasteiger partial charge in [-0.05, 0) is 43.7 Å². The van der Waals surface area contributed by atoms with Crippen LogP contribution in [0.15, 0.2) is 0 Å². The highest BCUT2D eigenvalue weighted by atomic mass is 14.9. The van der Waals surface area contributed by atoms with Crippen molar-refractivity contribution in [3.05, 3.63) is 0 Å². The summed E-state index contributed by atoms with van der Waals surface area (Å²) in [5.41, 5.74) is 0. The van der Waals surface area contributed by atoms with Crippen molar-refractivity contribution in [2.45, 2.75) is 32.6 Å². The molecule has 2 aliphatic rings. The molecule has 2 rings (SSSR count). The van der Waals surface area contributed by atoms with E-state index in [0.29, 0.717) is 0 Å². The van der Waals surface area contributed by atoms with Crippen LogP contribution in [0.3, 0.4) is 0 Å². The fraction of sp³-hybridized carbons (Fsp3) is 1.00. The van der Waals surface area contributed by atoms with E-state index in [0.717, 1.165) is 17.8 Å². The molecule has 2 bridgehead atoms. The Balaban J connectivity index is 1.97. The molecule has 1 nitrogen and oxygen atoms in total. The Hall–Kier alpha value is -0.0400. The predicted molar refractivity (Wildman–Crippen MR) is 47.5 cm³/mol. The van der Waals surface area contributed by atoms with Gasteiger partial charge in [0, 0.05) is 0 Å². The zero-order chi connectivity index (χ0) is 7.68. The van der Waals surface area contributed by atoms with Crippen molar-refractivity contribution in [3.63, 3.8) is 0 Å². The molecule has 2 fully saturated rings. The summed E-state index contributed by atoms with van der Waals surface area (Å²) in [4.78, 5) is 0. The molecule has 1 aliphatic carbocycles. The number of fused-ring (bicyclic) bond motifs is 2. The van der Waals surface area contributed by atoms with Crippen LogP contribution in [0.5, 0.6) is 0 Å². The molecule has 11 heavy (non-hydrogen) atoms. The average molecular weight is 153 g/mol. The van der Waals surface area contributed by atoms with Crippen LogP contribution in [0, 0.1) is 17.8 Å². The van der Waals surface area contributed by atoms with Gasteiger partial charge >= 0.3 is 0 Å². The third-order valence-corrected chi connectivity index (χ3v) is 3.55. The van der Waals surface area contributed by atoms with Crippen molar-refractivity contribution >= 4 is 0 Å². The van der Waals surface area contributed by atoms with Gasteiger partial charge in [-0.3, -0.25) is 0 Å². The Morgan fingerprint density at radius 3 is 2.36 bits per heavy atom. The minimum Gasteiger partial charge on any atom is -0.316 e. The molecule has 0 spiro atoms. The normalized spacial score (nSPS) is 42.8. The highest BCUT2D eigenvalue weighted by Gasteiger charge is 2.37. The van der Waals surface area contributed by atoms with E-state index < -0.39 is 0 Å². The lowest BCUT2D eigenvalue weighted by molar-refractivity contribution is 0.230. The van der Waals surface area contributed by atoms with Gasteiger partial charge in [0.1, 0.15) is 0 Å². The quantitative estimate of drug-likeness (QED) is 0.640. The van der Waals surface area contributed by atoms with Crippen molar-refractivity contribution in [1.29, 1.82) is 0 Å². The van der Waals surface area contributed by atoms with Crippen molar-refractivity contribution in [2.75, 3.05) is 13.1 Å². The van der Waals surface area contributed by atoms with E-state index in [4.69, 9.17) is 0 Å². The molecule has 64 valence electrons. The summed E-state index contributed by atoms with van der Waals surface area (Å²) in [6.07, 6.45) is 5.87. The molecule has 1 heterocycles. The molecule has 1 saturated carbocycles. The van der Waals surface area contributed by atoms with Gasteiger partial charge in [-0.1, -0.05) is 19.8 Å². The van der Waals surface area contributed by atoms with Crippen LogP contribution in [0.25, 0.3) is 0 Å². The first-order valence-corrected chi connectivity index (χ1v) is 5.12. The van der Waals surface area contributed by atoms with Gasteiger partial charge < -0.3 is 5.32 Å². The van der Waals surface area contributed by atoms with E-state index in [9.17, 15) is 0 Å². The highest BCUT2D eigenvalue weighted by molar-refractivity contribution is 4.90. The van der Waals surface area contributed by atoms with Crippen LogP contribution in [0.1, 0.15) is 32.6 Å². The van der Waals surface area contributed by atoms with Gasteiger partial charge in [0.25, 0.3) is 0 Å². The number of nitrogens with one attached hydrogen (secondary N) is 1. The van der Waals surface area contributed by atoms with Gasteiger partial charge in [0.2, 0.25) is 0 Å². The molecule has 1 N–H and O–H groups in total. The number of hydrogen-bond acceptors (Lipinski definition) is 1. The average Bonchev–Trinajstić information content (AvgIpc) is 2.30. The third kappa shape index (κ3) is 1.31. The molecular formula is C10H19N. The predicted octanol–water partition coefficient (Wildman–Crippen LogP) is 2.03. The molecule has 2 unspecified atom stereocenters. The minimum atomic E-state index is 1.04. The standard InChI is InChI=1S/C10H19N/c1-2-3-10-8-4-5-9(10)7-11-6-8/h8-11H,2-7H2,1H3. The monoisotopic (exact) mass is 153 g/mol. The first-order valence-electron chi connectivity index (χ1n) is 5.12. The van der Waals surface area contributed by atoms with Gasteiger partial charge in [0.15, 0.2) is 0 Å². The molecule has 1 saturated heterocycles. The summed E-state index contributed by atoms with van der Waals surface area (Å²) in [7, 11) is 0. The SMILES string of the molecule is CCCC1C2CCC1CNC2. The van der Waals surface area contributed by atoms with Crippen molar-refractivity contribution < 1.29 is 0 Å². The summed E-state index contributed by atoms with van der Waals surface area (Å²) >= 11 is 0. The maximum atomic E-state index is 3.54. The zero-order valence-electron chi connectivity index (χ0n) is 7.47. The van der Waals surface area contributed by atoms with E-state index in [1.54, 1.807) is 0 Å². The summed E-state index contributed by atoms with van der Waals surface area (Å²) in [5.74, 6) is 3.16. The van der Waals surface area contributed by atoms with Gasteiger partial charge in [-0.15, -0.1) is 0 Å². The van der Waals surface area contributed by atoms with Crippen LogP contribution < -0.4 is 5.32 Å². The van der Waals surface area contributed by atoms with E-state index in [-0.39, 0.29) is 0 Å². The first-order chi connectivity index (χ1) is 5.42. The third-order valence-electron chi connectivity index (χ3n) is 3.55. The number of hydrogen-bond donors (Lipinski definition) is 1. The molecule has 1 heteroatoms. The second-order valence-electron chi connectivity index (χ2n) is 4.21. The van der Waals surface area contributed by atoms with E-state index in [1.165, 1.54) is 38.8 Å². The Morgan fingerprint density at radius 2 is 1.82 bits per heavy atom. The van der Waals surface area contributed by atoms with Crippen LogP contribution in [-0.4, -0.2) is 13.1 Å². The fourth-order valence-electron chi connectivity index (χ4n) is 3.01. The molecule has 0 radical (unpaired) electrons. The first kappa shape index (κ1) is 7.60. The summed E-state index contributed by atoms with van der Waals surface area (Å²) in [5, 5.41) is 3.54. The molecule has 0 aromatic carbocycles. The molecule has 0 amide bonds. The maximum absolute atomic E-state index is 3.54. The topological polar surface area (TPSA) is 12.0 Å². The van der Waals surface area contributed by atoms with Gasteiger partial charge in [-0.25, -0.2) is 0 Å². The Labute approximate surface area is 69.6 Å². The number of rotatable bonds is 2. The lowest BCUT2D eigenvalue weighted by Crippen LogP contribution is -2.37. The number of piperidine rings is 1. The highest BCUT2D eigenvalue weighted by Crippen LogP contribution is 2.41. The Kier molecular flexibility index (Phi) is 2.17. The molecule has 0 aromatic rings. The van der Waals surface area contributed by atoms with Gasteiger partial charge in [-0.2, -0.15) is 0 Å². The second-order valence-corrected chi connectivity index (χ2v) is 4.21. The van der Waals surface area contributed by atoms with E-state index in [2.05, 4.69) is 12.2 Å². The van der Waals surface area contributed by atoms with Crippen LogP contribution in [0.4, 0.5) is 0 Å². The van der Waals surface area contributed by atoms with Crippen LogP contribution >= 0.6 is 0 Å². The van der Waals surface area contributed by atoms with Crippen LogP contribution in [-0.2, 0) is 0 Å². The summed E-state index contributed by atoms with van der Waals surface area (Å²) in [6.45, 7) is 4.93. The Morgan fingerprint density at radius 1 is 1.18 bits per heavy atom. The van der Waals surface area contributed by atoms with E-state index in [1.807, 2.05) is 0 Å². The lowest BCUT2D eigenvalue weighted by Gasteiger charge is -2.30. The van der Waals surface area contributed by atoms with Crippen LogP contribution in [0.2, 0.25) is 0 Å². The fourth-order valence-corrected chi connectivity index (χ4v) is 3.01. The molecule has 2 atom stereocenters.